The number of non-ortho nitro benzene ring substituents is 1. The summed E-state index contributed by atoms with van der Waals surface area (Å²) in [4.78, 5) is 20.4. The van der Waals surface area contributed by atoms with Crippen molar-refractivity contribution in [2.45, 2.75) is 6.61 Å². The molecule has 0 spiro atoms. The molecule has 0 saturated carbocycles. The predicted octanol–water partition coefficient (Wildman–Crippen LogP) is 5.32. The molecule has 0 atom stereocenters. The Morgan fingerprint density at radius 1 is 1.06 bits per heavy atom. The molecule has 0 aromatic heterocycles. The highest BCUT2D eigenvalue weighted by Crippen LogP contribution is 2.29. The normalized spacial score (nSPS) is 10.8. The Kier molecular flexibility index (Phi) is 6.73. The number of nitro groups is 2. The zero-order valence-electron chi connectivity index (χ0n) is 15.7. The van der Waals surface area contributed by atoms with Crippen LogP contribution >= 0.6 is 11.6 Å². The van der Waals surface area contributed by atoms with Crippen LogP contribution in [0.5, 0.6) is 5.75 Å². The third kappa shape index (κ3) is 5.52. The van der Waals surface area contributed by atoms with Crippen molar-refractivity contribution in [3.63, 3.8) is 0 Å². The quantitative estimate of drug-likeness (QED) is 0.285. The zero-order valence-corrected chi connectivity index (χ0v) is 16.5. The van der Waals surface area contributed by atoms with Crippen molar-refractivity contribution in [1.29, 1.82) is 0 Å². The van der Waals surface area contributed by atoms with Crippen molar-refractivity contribution in [2.75, 3.05) is 5.43 Å². The average molecular weight is 445 g/mol. The summed E-state index contributed by atoms with van der Waals surface area (Å²) in [6, 6.07) is 14.2. The summed E-state index contributed by atoms with van der Waals surface area (Å²) < 4.78 is 19.3. The summed E-state index contributed by atoms with van der Waals surface area (Å²) in [5, 5.41) is 26.1. The van der Waals surface area contributed by atoms with Gasteiger partial charge in [-0.3, -0.25) is 25.7 Å². The Morgan fingerprint density at radius 2 is 1.81 bits per heavy atom. The molecule has 0 amide bonds. The van der Waals surface area contributed by atoms with E-state index in [-0.39, 0.29) is 22.9 Å². The van der Waals surface area contributed by atoms with E-state index in [0.717, 1.165) is 12.1 Å². The fourth-order valence-corrected chi connectivity index (χ4v) is 2.75. The first-order valence-corrected chi connectivity index (χ1v) is 9.10. The van der Waals surface area contributed by atoms with Crippen LogP contribution in [0.2, 0.25) is 5.02 Å². The van der Waals surface area contributed by atoms with Gasteiger partial charge in [0.25, 0.3) is 5.69 Å². The van der Waals surface area contributed by atoms with Gasteiger partial charge >= 0.3 is 5.69 Å². The lowest BCUT2D eigenvalue weighted by molar-refractivity contribution is -0.393. The average Bonchev–Trinajstić information content (AvgIpc) is 2.74. The van der Waals surface area contributed by atoms with E-state index in [9.17, 15) is 24.6 Å². The molecule has 0 fully saturated rings. The second kappa shape index (κ2) is 9.63. The molecule has 1 N–H and O–H groups in total. The van der Waals surface area contributed by atoms with E-state index in [4.69, 9.17) is 16.3 Å². The summed E-state index contributed by atoms with van der Waals surface area (Å²) in [5.74, 6) is 0.0260. The largest absolute Gasteiger partial charge is 0.489 e. The maximum Gasteiger partial charge on any atom is 0.301 e. The Labute approximate surface area is 180 Å². The molecular weight excluding hydrogens is 431 g/mol. The highest BCUT2D eigenvalue weighted by Gasteiger charge is 2.19. The number of nitro benzene ring substituents is 2. The fraction of sp³-hybridized carbons (Fsp3) is 0.0500. The number of anilines is 1. The molecule has 31 heavy (non-hydrogen) atoms. The minimum Gasteiger partial charge on any atom is -0.489 e. The Hall–Kier alpha value is -4.05. The molecule has 0 unspecified atom stereocenters. The van der Waals surface area contributed by atoms with E-state index in [2.05, 4.69) is 10.5 Å². The van der Waals surface area contributed by atoms with Crippen LogP contribution in [-0.4, -0.2) is 16.1 Å². The van der Waals surface area contributed by atoms with Gasteiger partial charge in [-0.2, -0.15) is 5.10 Å². The van der Waals surface area contributed by atoms with Crippen LogP contribution in [0.25, 0.3) is 0 Å². The summed E-state index contributed by atoms with van der Waals surface area (Å²) >= 11 is 5.96. The number of hydrazone groups is 1. The summed E-state index contributed by atoms with van der Waals surface area (Å²) in [6.07, 6.45) is 1.41. The molecule has 9 nitrogen and oxygen atoms in total. The number of nitrogens with zero attached hydrogens (tertiary/aromatic N) is 3. The topological polar surface area (TPSA) is 120 Å². The van der Waals surface area contributed by atoms with Crippen LogP contribution in [0, 0.1) is 26.0 Å². The fourth-order valence-electron chi connectivity index (χ4n) is 2.53. The minimum absolute atomic E-state index is 0.00794. The molecule has 0 radical (unpaired) electrons. The van der Waals surface area contributed by atoms with Crippen LogP contribution in [0.3, 0.4) is 0 Å². The van der Waals surface area contributed by atoms with Gasteiger partial charge in [0, 0.05) is 11.6 Å². The van der Waals surface area contributed by atoms with Gasteiger partial charge in [0.2, 0.25) is 0 Å². The number of rotatable bonds is 8. The molecule has 3 aromatic carbocycles. The van der Waals surface area contributed by atoms with E-state index < -0.39 is 27.0 Å². The summed E-state index contributed by atoms with van der Waals surface area (Å²) in [5.41, 5.74) is 2.54. The molecular formula is C20H14ClFN4O5. The minimum atomic E-state index is -0.737. The van der Waals surface area contributed by atoms with Gasteiger partial charge in [-0.15, -0.1) is 0 Å². The van der Waals surface area contributed by atoms with E-state index in [1.165, 1.54) is 24.4 Å². The lowest BCUT2D eigenvalue weighted by atomic mass is 10.2. The van der Waals surface area contributed by atoms with E-state index in [1.807, 2.05) is 0 Å². The van der Waals surface area contributed by atoms with Crippen molar-refractivity contribution in [2.24, 2.45) is 5.10 Å². The second-order valence-electron chi connectivity index (χ2n) is 6.14. The molecule has 0 aliphatic heterocycles. The Bertz CT molecular complexity index is 1130. The third-order valence-corrected chi connectivity index (χ3v) is 4.47. The first-order valence-electron chi connectivity index (χ1n) is 8.73. The van der Waals surface area contributed by atoms with Crippen molar-refractivity contribution < 1.29 is 19.0 Å². The number of hydrogen-bond donors (Lipinski definition) is 1. The van der Waals surface area contributed by atoms with Gasteiger partial charge in [0.15, 0.2) is 0 Å². The van der Waals surface area contributed by atoms with Gasteiger partial charge in [-0.25, -0.2) is 4.39 Å². The number of hydrogen-bond acceptors (Lipinski definition) is 7. The Balaban J connectivity index is 1.64. The van der Waals surface area contributed by atoms with Crippen LogP contribution in [0.4, 0.5) is 21.5 Å². The lowest BCUT2D eigenvalue weighted by Gasteiger charge is -2.09. The first kappa shape index (κ1) is 21.7. The standard InChI is InChI=1S/C20H14ClFN4O5/c21-17-2-1-3-18(22)16(17)12-31-15-7-4-13(5-8-15)11-23-24-19-9-6-14(25(27)28)10-20(19)26(29)30/h1-11,24H,12H2/b23-11+. The SMILES string of the molecule is O=[N+]([O-])c1ccc(N/N=C/c2ccc(OCc3c(F)cccc3Cl)cc2)c([N+](=O)[O-])c1. The van der Waals surface area contributed by atoms with E-state index in [1.54, 1.807) is 30.3 Å². The molecule has 3 rings (SSSR count). The predicted molar refractivity (Wildman–Crippen MR) is 113 cm³/mol. The first-order chi connectivity index (χ1) is 14.8. The number of nitrogens with one attached hydrogen (secondary N) is 1. The van der Waals surface area contributed by atoms with Crippen molar-refractivity contribution in [3.8, 4) is 5.75 Å². The molecule has 0 heterocycles. The van der Waals surface area contributed by atoms with Gasteiger partial charge < -0.3 is 4.74 Å². The number of ether oxygens (including phenoxy) is 1. The maximum absolute atomic E-state index is 13.8. The zero-order chi connectivity index (χ0) is 22.4. The third-order valence-electron chi connectivity index (χ3n) is 4.11. The van der Waals surface area contributed by atoms with Gasteiger partial charge in [-0.05, 0) is 48.0 Å². The monoisotopic (exact) mass is 444 g/mol. The van der Waals surface area contributed by atoms with Crippen molar-refractivity contribution in [1.82, 2.24) is 0 Å². The molecule has 0 saturated heterocycles. The van der Waals surface area contributed by atoms with E-state index in [0.29, 0.717) is 11.3 Å². The summed E-state index contributed by atoms with van der Waals surface area (Å²) in [7, 11) is 0. The van der Waals surface area contributed by atoms with Crippen LogP contribution in [0.15, 0.2) is 65.8 Å². The number of benzene rings is 3. The molecule has 0 aliphatic carbocycles. The molecule has 0 aliphatic rings. The van der Waals surface area contributed by atoms with Crippen LogP contribution < -0.4 is 10.2 Å². The molecule has 3 aromatic rings. The highest BCUT2D eigenvalue weighted by atomic mass is 35.5. The summed E-state index contributed by atoms with van der Waals surface area (Å²) in [6.45, 7) is -0.0374. The second-order valence-corrected chi connectivity index (χ2v) is 6.55. The molecule has 11 heteroatoms. The van der Waals surface area contributed by atoms with Gasteiger partial charge in [-0.1, -0.05) is 17.7 Å². The van der Waals surface area contributed by atoms with Gasteiger partial charge in [0.1, 0.15) is 23.9 Å². The van der Waals surface area contributed by atoms with Crippen molar-refractivity contribution in [3.05, 3.63) is 103 Å². The van der Waals surface area contributed by atoms with Crippen LogP contribution in [0.1, 0.15) is 11.1 Å². The smallest absolute Gasteiger partial charge is 0.301 e. The number of halogens is 2. The van der Waals surface area contributed by atoms with Gasteiger partial charge in [0.05, 0.1) is 27.2 Å². The lowest BCUT2D eigenvalue weighted by Crippen LogP contribution is -2.00. The van der Waals surface area contributed by atoms with Crippen molar-refractivity contribution >= 4 is 34.9 Å². The van der Waals surface area contributed by atoms with Crippen LogP contribution in [-0.2, 0) is 6.61 Å². The highest BCUT2D eigenvalue weighted by molar-refractivity contribution is 6.31. The van der Waals surface area contributed by atoms with E-state index >= 15 is 0 Å². The molecule has 158 valence electrons. The maximum atomic E-state index is 13.8. The molecule has 0 bridgehead atoms. The Morgan fingerprint density at radius 3 is 2.45 bits per heavy atom.